The van der Waals surface area contributed by atoms with Crippen molar-refractivity contribution in [3.63, 3.8) is 0 Å². The van der Waals surface area contributed by atoms with E-state index in [2.05, 4.69) is 14.4 Å². The predicted molar refractivity (Wildman–Crippen MR) is 121 cm³/mol. The van der Waals surface area contributed by atoms with Crippen LogP contribution in [0.25, 0.3) is 6.08 Å². The fourth-order valence-electron chi connectivity index (χ4n) is 3.67. The van der Waals surface area contributed by atoms with Gasteiger partial charge in [-0.1, -0.05) is 5.16 Å². The third-order valence-electron chi connectivity index (χ3n) is 5.38. The molecule has 38 heavy (non-hydrogen) atoms. The summed E-state index contributed by atoms with van der Waals surface area (Å²) in [5.74, 6) is -3.30. The summed E-state index contributed by atoms with van der Waals surface area (Å²) >= 11 is 0. The molecular formula is C20H19F3N4O9S2. The van der Waals surface area contributed by atoms with Gasteiger partial charge in [0.15, 0.2) is 11.5 Å². The van der Waals surface area contributed by atoms with E-state index in [1.807, 2.05) is 9.62 Å². The number of hydrogen-bond donors (Lipinski definition) is 2. The van der Waals surface area contributed by atoms with Crippen molar-refractivity contribution in [3.8, 4) is 5.75 Å². The molecule has 3 heterocycles. The number of anilines is 1. The molecule has 2 aromatic rings. The second-order valence-corrected chi connectivity index (χ2v) is 11.2. The number of nitrogens with zero attached hydrogens (tertiary/aromatic N) is 2. The van der Waals surface area contributed by atoms with Crippen molar-refractivity contribution in [2.75, 3.05) is 37.6 Å². The van der Waals surface area contributed by atoms with Crippen molar-refractivity contribution in [3.05, 3.63) is 35.5 Å². The molecule has 0 bridgehead atoms. The van der Waals surface area contributed by atoms with E-state index < -0.39 is 70.7 Å². The molecule has 1 saturated heterocycles. The van der Waals surface area contributed by atoms with E-state index in [-0.39, 0.29) is 6.42 Å². The summed E-state index contributed by atoms with van der Waals surface area (Å²) < 4.78 is 107. The molecule has 0 saturated carbocycles. The quantitative estimate of drug-likeness (QED) is 0.407. The van der Waals surface area contributed by atoms with E-state index in [4.69, 9.17) is 4.74 Å². The van der Waals surface area contributed by atoms with Crippen LogP contribution < -0.4 is 14.2 Å². The molecule has 1 aromatic carbocycles. The molecule has 206 valence electrons. The summed E-state index contributed by atoms with van der Waals surface area (Å²) in [6, 6.07) is 1.56. The number of carbonyl (C=O) groups is 2. The van der Waals surface area contributed by atoms with E-state index in [0.717, 1.165) is 24.4 Å². The zero-order chi connectivity index (χ0) is 27.7. The lowest BCUT2D eigenvalue weighted by Gasteiger charge is -2.25. The average Bonchev–Trinajstić information content (AvgIpc) is 3.44. The number of benzene rings is 1. The summed E-state index contributed by atoms with van der Waals surface area (Å²) in [5.41, 5.74) is -2.47. The number of ketones is 1. The Morgan fingerprint density at radius 3 is 2.63 bits per heavy atom. The topological polar surface area (TPSA) is 174 Å². The van der Waals surface area contributed by atoms with Crippen molar-refractivity contribution >= 4 is 43.5 Å². The Labute approximate surface area is 213 Å². The first-order valence-electron chi connectivity index (χ1n) is 10.8. The van der Waals surface area contributed by atoms with Crippen LogP contribution in [-0.4, -0.2) is 77.8 Å². The molecule has 0 atom stereocenters. The zero-order valence-corrected chi connectivity index (χ0v) is 20.8. The minimum Gasteiger partial charge on any atom is -0.404 e. The highest BCUT2D eigenvalue weighted by molar-refractivity contribution is 7.92. The molecule has 0 spiro atoms. The number of allylic oxidation sites excluding steroid dienone is 1. The summed E-state index contributed by atoms with van der Waals surface area (Å²) in [6.07, 6.45) is -2.80. The van der Waals surface area contributed by atoms with Gasteiger partial charge in [-0.05, 0) is 18.2 Å². The normalized spacial score (nSPS) is 17.8. The van der Waals surface area contributed by atoms with Crippen LogP contribution in [0.5, 0.6) is 5.75 Å². The van der Waals surface area contributed by atoms with Gasteiger partial charge in [-0.25, -0.2) is 13.1 Å². The van der Waals surface area contributed by atoms with Crippen LogP contribution in [-0.2, 0) is 29.6 Å². The molecule has 0 radical (unpaired) electrons. The number of ether oxygens (including phenoxy) is 2. The van der Waals surface area contributed by atoms with Gasteiger partial charge in [-0.2, -0.15) is 8.42 Å². The number of sulfonamides is 2. The Balaban J connectivity index is 1.79. The Morgan fingerprint density at radius 2 is 2.00 bits per heavy atom. The first kappa shape index (κ1) is 27.6. The van der Waals surface area contributed by atoms with Gasteiger partial charge < -0.3 is 14.0 Å². The van der Waals surface area contributed by atoms with E-state index in [9.17, 15) is 39.6 Å². The maximum absolute atomic E-state index is 13.4. The number of hydrogen-bond acceptors (Lipinski definition) is 11. The van der Waals surface area contributed by atoms with Gasteiger partial charge in [-0.15, -0.1) is 13.2 Å². The Kier molecular flexibility index (Phi) is 7.51. The molecule has 2 aliphatic rings. The number of halogens is 3. The molecule has 0 aliphatic carbocycles. The van der Waals surface area contributed by atoms with Crippen LogP contribution in [0, 0.1) is 0 Å². The first-order valence-corrected chi connectivity index (χ1v) is 13.7. The largest absolute Gasteiger partial charge is 0.573 e. The van der Waals surface area contributed by atoms with Crippen LogP contribution >= 0.6 is 0 Å². The van der Waals surface area contributed by atoms with Gasteiger partial charge in [0.2, 0.25) is 0 Å². The molecule has 18 heteroatoms. The van der Waals surface area contributed by atoms with E-state index in [1.54, 1.807) is 0 Å². The van der Waals surface area contributed by atoms with Crippen molar-refractivity contribution in [2.45, 2.75) is 22.8 Å². The number of amides is 1. The van der Waals surface area contributed by atoms with Crippen molar-refractivity contribution in [1.82, 2.24) is 14.8 Å². The van der Waals surface area contributed by atoms with Crippen LogP contribution in [0.15, 0.2) is 38.9 Å². The van der Waals surface area contributed by atoms with Gasteiger partial charge in [0, 0.05) is 37.7 Å². The van der Waals surface area contributed by atoms with Gasteiger partial charge in [0.25, 0.3) is 31.0 Å². The zero-order valence-electron chi connectivity index (χ0n) is 19.1. The summed E-state index contributed by atoms with van der Waals surface area (Å²) in [7, 11) is -9.30. The lowest BCUT2D eigenvalue weighted by Crippen LogP contribution is -2.37. The Bertz CT molecular complexity index is 1480. The van der Waals surface area contributed by atoms with Crippen LogP contribution in [0.4, 0.5) is 18.9 Å². The fourth-order valence-corrected chi connectivity index (χ4v) is 5.79. The highest BCUT2D eigenvalue weighted by Gasteiger charge is 2.42. The molecule has 0 unspecified atom stereocenters. The van der Waals surface area contributed by atoms with Gasteiger partial charge >= 0.3 is 6.36 Å². The minimum atomic E-state index is -5.42. The van der Waals surface area contributed by atoms with Gasteiger partial charge in [-0.3, -0.25) is 19.2 Å². The van der Waals surface area contributed by atoms with Gasteiger partial charge in [0.05, 0.1) is 25.1 Å². The Morgan fingerprint density at radius 1 is 1.29 bits per heavy atom. The van der Waals surface area contributed by atoms with Crippen LogP contribution in [0.2, 0.25) is 0 Å². The predicted octanol–water partition coefficient (Wildman–Crippen LogP) is 1.11. The third-order valence-corrected chi connectivity index (χ3v) is 7.97. The molecule has 13 nitrogen and oxygen atoms in total. The second kappa shape index (κ2) is 10.4. The van der Waals surface area contributed by atoms with E-state index in [0.29, 0.717) is 38.9 Å². The second-order valence-electron chi connectivity index (χ2n) is 7.96. The molecule has 1 fully saturated rings. The summed E-state index contributed by atoms with van der Waals surface area (Å²) in [5, 5.41) is 2.49. The SMILES string of the molecule is O=C(/C=C/c1c(NS(=O)(=O)c2ccno2)cc2c(c1OC(F)(F)F)C(=O)NS2(=O)=O)CCN1CCOCC1. The minimum absolute atomic E-state index is 0.0368. The number of aromatic nitrogens is 1. The molecule has 2 N–H and O–H groups in total. The number of morpholine rings is 1. The number of alkyl halides is 3. The molecule has 1 amide bonds. The number of fused-ring (bicyclic) bond motifs is 1. The number of nitrogens with one attached hydrogen (secondary N) is 2. The van der Waals surface area contributed by atoms with Gasteiger partial charge in [0.1, 0.15) is 10.5 Å². The lowest BCUT2D eigenvalue weighted by atomic mass is 10.0. The van der Waals surface area contributed by atoms with Crippen molar-refractivity contribution in [2.24, 2.45) is 0 Å². The maximum Gasteiger partial charge on any atom is 0.573 e. The number of rotatable bonds is 9. The number of carbonyl (C=O) groups excluding carboxylic acids is 2. The standard InChI is InChI=1S/C20H19F3N4O9S2/c21-20(22,23)35-18-13(2-1-12(28)4-6-27-7-9-34-10-8-27)14(25-38(32,33)16-3-5-24-36-16)11-15-17(18)19(29)26-37(15,30)31/h1-3,5,11,25H,4,6-10H2,(H,26,29)/b2-1+. The van der Waals surface area contributed by atoms with Crippen LogP contribution in [0.3, 0.4) is 0 Å². The van der Waals surface area contributed by atoms with E-state index >= 15 is 0 Å². The monoisotopic (exact) mass is 580 g/mol. The molecule has 1 aromatic heterocycles. The van der Waals surface area contributed by atoms with Crippen molar-refractivity contribution in [1.29, 1.82) is 0 Å². The van der Waals surface area contributed by atoms with Crippen LogP contribution in [0.1, 0.15) is 22.3 Å². The van der Waals surface area contributed by atoms with Crippen molar-refractivity contribution < 1.29 is 53.6 Å². The highest BCUT2D eigenvalue weighted by atomic mass is 32.2. The van der Waals surface area contributed by atoms with E-state index in [1.165, 1.54) is 4.72 Å². The molecular weight excluding hydrogens is 561 g/mol. The summed E-state index contributed by atoms with van der Waals surface area (Å²) in [6.45, 7) is 2.47. The maximum atomic E-state index is 13.4. The Hall–Kier alpha value is -3.48. The first-order chi connectivity index (χ1) is 17.8. The lowest BCUT2D eigenvalue weighted by molar-refractivity contribution is -0.274. The summed E-state index contributed by atoms with van der Waals surface area (Å²) in [4.78, 5) is 25.8. The highest BCUT2D eigenvalue weighted by Crippen LogP contribution is 2.42. The average molecular weight is 581 g/mol. The third kappa shape index (κ3) is 6.14. The fraction of sp³-hybridized carbons (Fsp3) is 0.350. The molecule has 2 aliphatic heterocycles. The molecule has 4 rings (SSSR count). The smallest absolute Gasteiger partial charge is 0.404 e.